The van der Waals surface area contributed by atoms with E-state index in [0.717, 1.165) is 0 Å². The molecule has 0 aliphatic rings. The number of hydrogen-bond donors (Lipinski definition) is 0. The van der Waals surface area contributed by atoms with E-state index in [2.05, 4.69) is 4.98 Å². The molecule has 0 aromatic carbocycles. The Morgan fingerprint density at radius 1 is 1.14 bits per heavy atom. The Bertz CT molecular complexity index is 347. The summed E-state index contributed by atoms with van der Waals surface area (Å²) in [5.41, 5.74) is -0.710. The molecular formula is C9H10F3NO. The summed E-state index contributed by atoms with van der Waals surface area (Å²) in [7, 11) is 0. The van der Waals surface area contributed by atoms with Crippen molar-refractivity contribution in [3.63, 3.8) is 0 Å². The summed E-state index contributed by atoms with van der Waals surface area (Å²) in [6, 6.07) is 0.406. The lowest BCUT2D eigenvalue weighted by atomic mass is 10.2. The van der Waals surface area contributed by atoms with Gasteiger partial charge in [-0.15, -0.1) is 0 Å². The normalized spacial score (nSPS) is 11.6. The number of rotatable bonds is 1. The SMILES string of the molecule is CC(C)(C)Oc1nc(F)c(F)cc1F. The topological polar surface area (TPSA) is 22.1 Å². The predicted octanol–water partition coefficient (Wildman–Crippen LogP) is 2.68. The molecule has 1 aromatic rings. The molecule has 2 nitrogen and oxygen atoms in total. The predicted molar refractivity (Wildman–Crippen MR) is 44.5 cm³/mol. The molecule has 0 aliphatic carbocycles. The molecule has 0 saturated carbocycles. The molecular weight excluding hydrogens is 195 g/mol. The van der Waals surface area contributed by atoms with Crippen molar-refractivity contribution in [1.29, 1.82) is 0 Å². The Balaban J connectivity index is 3.04. The lowest BCUT2D eigenvalue weighted by Gasteiger charge is -2.20. The van der Waals surface area contributed by atoms with E-state index in [1.54, 1.807) is 20.8 Å². The van der Waals surface area contributed by atoms with Gasteiger partial charge >= 0.3 is 0 Å². The van der Waals surface area contributed by atoms with Crippen LogP contribution >= 0.6 is 0 Å². The van der Waals surface area contributed by atoms with Crippen molar-refractivity contribution in [2.45, 2.75) is 26.4 Å². The van der Waals surface area contributed by atoms with Gasteiger partial charge in [-0.1, -0.05) is 0 Å². The van der Waals surface area contributed by atoms with Gasteiger partial charge in [0.05, 0.1) is 0 Å². The Hall–Kier alpha value is -1.26. The van der Waals surface area contributed by atoms with Crippen molar-refractivity contribution in [1.82, 2.24) is 4.98 Å². The Morgan fingerprint density at radius 2 is 1.71 bits per heavy atom. The van der Waals surface area contributed by atoms with Crippen molar-refractivity contribution in [3.05, 3.63) is 23.6 Å². The van der Waals surface area contributed by atoms with E-state index in [-0.39, 0.29) is 0 Å². The molecule has 1 heterocycles. The molecule has 0 spiro atoms. The molecule has 0 unspecified atom stereocenters. The molecule has 0 atom stereocenters. The van der Waals surface area contributed by atoms with Gasteiger partial charge in [-0.3, -0.25) is 0 Å². The highest BCUT2D eigenvalue weighted by atomic mass is 19.2. The van der Waals surface area contributed by atoms with E-state index in [4.69, 9.17) is 4.74 Å². The summed E-state index contributed by atoms with van der Waals surface area (Å²) in [5.74, 6) is -4.25. The third-order valence-electron chi connectivity index (χ3n) is 1.26. The van der Waals surface area contributed by atoms with Crippen LogP contribution in [0.25, 0.3) is 0 Å². The average molecular weight is 205 g/mol. The number of halogens is 3. The van der Waals surface area contributed by atoms with Gasteiger partial charge < -0.3 is 4.74 Å². The highest BCUT2D eigenvalue weighted by Gasteiger charge is 2.18. The van der Waals surface area contributed by atoms with Crippen molar-refractivity contribution >= 4 is 0 Å². The van der Waals surface area contributed by atoms with Crippen LogP contribution in [0.2, 0.25) is 0 Å². The van der Waals surface area contributed by atoms with Crippen LogP contribution in [0.1, 0.15) is 20.8 Å². The smallest absolute Gasteiger partial charge is 0.253 e. The van der Waals surface area contributed by atoms with Crippen molar-refractivity contribution in [2.75, 3.05) is 0 Å². The summed E-state index contributed by atoms with van der Waals surface area (Å²) in [5, 5.41) is 0. The first-order chi connectivity index (χ1) is 6.29. The van der Waals surface area contributed by atoms with E-state index in [9.17, 15) is 13.2 Å². The minimum atomic E-state index is -1.37. The third-order valence-corrected chi connectivity index (χ3v) is 1.26. The van der Waals surface area contributed by atoms with E-state index in [1.807, 2.05) is 0 Å². The maximum absolute atomic E-state index is 13.0. The van der Waals surface area contributed by atoms with Crippen molar-refractivity contribution in [3.8, 4) is 5.88 Å². The Kier molecular flexibility index (Phi) is 2.69. The van der Waals surface area contributed by atoms with Crippen LogP contribution in [0.4, 0.5) is 13.2 Å². The Morgan fingerprint density at radius 3 is 2.21 bits per heavy atom. The molecule has 0 radical (unpaired) electrons. The average Bonchev–Trinajstić information content (AvgIpc) is 1.97. The van der Waals surface area contributed by atoms with Gasteiger partial charge in [0, 0.05) is 6.07 Å². The molecule has 0 fully saturated rings. The Labute approximate surface area is 79.7 Å². The van der Waals surface area contributed by atoms with E-state index < -0.39 is 29.1 Å². The van der Waals surface area contributed by atoms with Crippen LogP contribution in [-0.2, 0) is 0 Å². The van der Waals surface area contributed by atoms with Gasteiger partial charge in [-0.2, -0.15) is 9.37 Å². The van der Waals surface area contributed by atoms with Gasteiger partial charge in [0.25, 0.3) is 11.8 Å². The van der Waals surface area contributed by atoms with Crippen LogP contribution in [0.5, 0.6) is 5.88 Å². The second-order valence-corrected chi connectivity index (χ2v) is 3.76. The molecule has 0 amide bonds. The van der Waals surface area contributed by atoms with Gasteiger partial charge in [0.2, 0.25) is 0 Å². The maximum atomic E-state index is 13.0. The number of ether oxygens (including phenoxy) is 1. The number of pyridine rings is 1. The minimum Gasteiger partial charge on any atom is -0.470 e. The lowest BCUT2D eigenvalue weighted by Crippen LogP contribution is -2.24. The van der Waals surface area contributed by atoms with E-state index >= 15 is 0 Å². The first-order valence-electron chi connectivity index (χ1n) is 4.00. The molecule has 78 valence electrons. The zero-order valence-corrected chi connectivity index (χ0v) is 8.07. The summed E-state index contributed by atoms with van der Waals surface area (Å²) >= 11 is 0. The van der Waals surface area contributed by atoms with Crippen LogP contribution in [0, 0.1) is 17.6 Å². The number of hydrogen-bond acceptors (Lipinski definition) is 2. The first-order valence-corrected chi connectivity index (χ1v) is 4.00. The largest absolute Gasteiger partial charge is 0.470 e. The van der Waals surface area contributed by atoms with Gasteiger partial charge in [-0.05, 0) is 20.8 Å². The third kappa shape index (κ3) is 2.61. The quantitative estimate of drug-likeness (QED) is 0.657. The highest BCUT2D eigenvalue weighted by molar-refractivity contribution is 5.15. The van der Waals surface area contributed by atoms with Crippen molar-refractivity contribution < 1.29 is 17.9 Å². The molecule has 14 heavy (non-hydrogen) atoms. The zero-order chi connectivity index (χ0) is 10.9. The van der Waals surface area contributed by atoms with Crippen LogP contribution in [-0.4, -0.2) is 10.6 Å². The second kappa shape index (κ2) is 3.48. The molecule has 0 N–H and O–H groups in total. The van der Waals surface area contributed by atoms with E-state index in [1.165, 1.54) is 0 Å². The summed E-state index contributed by atoms with van der Waals surface area (Å²) < 4.78 is 43.0. The molecule has 1 rings (SSSR count). The molecule has 1 aromatic heterocycles. The van der Waals surface area contributed by atoms with Gasteiger partial charge in [-0.25, -0.2) is 8.78 Å². The van der Waals surface area contributed by atoms with Gasteiger partial charge in [0.15, 0.2) is 11.6 Å². The second-order valence-electron chi connectivity index (χ2n) is 3.76. The highest BCUT2D eigenvalue weighted by Crippen LogP contribution is 2.20. The van der Waals surface area contributed by atoms with Crippen LogP contribution in [0.3, 0.4) is 0 Å². The summed E-state index contributed by atoms with van der Waals surface area (Å²) in [6.45, 7) is 4.94. The zero-order valence-electron chi connectivity index (χ0n) is 8.07. The van der Waals surface area contributed by atoms with Crippen LogP contribution in [0.15, 0.2) is 6.07 Å². The summed E-state index contributed by atoms with van der Waals surface area (Å²) in [6.07, 6.45) is 0. The monoisotopic (exact) mass is 205 g/mol. The van der Waals surface area contributed by atoms with Gasteiger partial charge in [0.1, 0.15) is 5.60 Å². The molecule has 5 heteroatoms. The molecule has 0 saturated heterocycles. The maximum Gasteiger partial charge on any atom is 0.253 e. The fourth-order valence-corrected chi connectivity index (χ4v) is 0.790. The lowest BCUT2D eigenvalue weighted by molar-refractivity contribution is 0.114. The first kappa shape index (κ1) is 10.8. The van der Waals surface area contributed by atoms with Crippen LogP contribution < -0.4 is 4.74 Å². The summed E-state index contributed by atoms with van der Waals surface area (Å²) in [4.78, 5) is 3.02. The van der Waals surface area contributed by atoms with Crippen molar-refractivity contribution in [2.24, 2.45) is 0 Å². The molecule has 0 bridgehead atoms. The standard InChI is InChI=1S/C9H10F3NO/c1-9(2,3)14-8-6(11)4-5(10)7(12)13-8/h4H,1-3H3. The fraction of sp³-hybridized carbons (Fsp3) is 0.444. The van der Waals surface area contributed by atoms with E-state index in [0.29, 0.717) is 6.07 Å². The fourth-order valence-electron chi connectivity index (χ4n) is 0.790. The molecule has 0 aliphatic heterocycles. The number of nitrogens with zero attached hydrogens (tertiary/aromatic N) is 1. The minimum absolute atomic E-state index is 0.406. The number of aromatic nitrogens is 1.